The third kappa shape index (κ3) is 2.78. The van der Waals surface area contributed by atoms with E-state index in [4.69, 9.17) is 20.8 Å². The Morgan fingerprint density at radius 2 is 1.73 bits per heavy atom. The van der Waals surface area contributed by atoms with Gasteiger partial charge >= 0.3 is 0 Å². The second-order valence-corrected chi connectivity index (χ2v) is 7.44. The standard InChI is InChI=1S/C24H16ClNO4/c1-29-17-6-4-5-16(13-17)26-21(14-9-11-15(25)12-10-14)20-22(27)18-7-2-3-8-19(18)30-23(20)24(26)28/h2-13,21H,1H3. The molecule has 30 heavy (non-hydrogen) atoms. The Kier molecular flexibility index (Phi) is 4.33. The van der Waals surface area contributed by atoms with Crippen LogP contribution in [0.2, 0.25) is 5.02 Å². The Hall–Kier alpha value is -3.57. The minimum atomic E-state index is -0.641. The van der Waals surface area contributed by atoms with Gasteiger partial charge < -0.3 is 9.15 Å². The zero-order chi connectivity index (χ0) is 20.8. The molecular weight excluding hydrogens is 402 g/mol. The van der Waals surface area contributed by atoms with Crippen molar-refractivity contribution in [2.24, 2.45) is 0 Å². The Balaban J connectivity index is 1.80. The number of hydrogen-bond acceptors (Lipinski definition) is 4. The predicted molar refractivity (Wildman–Crippen MR) is 116 cm³/mol. The van der Waals surface area contributed by atoms with Gasteiger partial charge in [-0.3, -0.25) is 14.5 Å². The van der Waals surface area contributed by atoms with E-state index in [1.165, 1.54) is 0 Å². The average Bonchev–Trinajstić information content (AvgIpc) is 3.07. The molecule has 0 radical (unpaired) electrons. The number of anilines is 1. The number of hydrogen-bond donors (Lipinski definition) is 0. The van der Waals surface area contributed by atoms with E-state index in [0.717, 1.165) is 5.56 Å². The van der Waals surface area contributed by atoms with E-state index in [9.17, 15) is 9.59 Å². The van der Waals surface area contributed by atoms with Crippen LogP contribution in [0.15, 0.2) is 82.0 Å². The minimum Gasteiger partial charge on any atom is -0.497 e. The lowest BCUT2D eigenvalue weighted by molar-refractivity contribution is 0.0971. The minimum absolute atomic E-state index is 0.0569. The maximum absolute atomic E-state index is 13.5. The van der Waals surface area contributed by atoms with Gasteiger partial charge in [-0.2, -0.15) is 0 Å². The van der Waals surface area contributed by atoms with Gasteiger partial charge in [-0.1, -0.05) is 41.9 Å². The summed E-state index contributed by atoms with van der Waals surface area (Å²) in [7, 11) is 1.56. The lowest BCUT2D eigenvalue weighted by Crippen LogP contribution is -2.29. The molecule has 0 saturated heterocycles. The summed E-state index contributed by atoms with van der Waals surface area (Å²) in [5.74, 6) is 0.290. The zero-order valence-corrected chi connectivity index (χ0v) is 16.7. The van der Waals surface area contributed by atoms with E-state index in [-0.39, 0.29) is 17.1 Å². The molecule has 0 saturated carbocycles. The lowest BCUT2D eigenvalue weighted by Gasteiger charge is -2.25. The summed E-state index contributed by atoms with van der Waals surface area (Å²) in [4.78, 5) is 28.5. The Morgan fingerprint density at radius 1 is 0.967 bits per heavy atom. The van der Waals surface area contributed by atoms with Crippen LogP contribution in [0.4, 0.5) is 5.69 Å². The van der Waals surface area contributed by atoms with E-state index < -0.39 is 6.04 Å². The molecule has 1 aliphatic heterocycles. The third-order valence-electron chi connectivity index (χ3n) is 5.29. The summed E-state index contributed by atoms with van der Waals surface area (Å²) in [5.41, 5.74) is 1.86. The molecule has 3 aromatic carbocycles. The summed E-state index contributed by atoms with van der Waals surface area (Å²) >= 11 is 6.07. The molecule has 0 aliphatic carbocycles. The number of fused-ring (bicyclic) bond motifs is 2. The smallest absolute Gasteiger partial charge is 0.295 e. The zero-order valence-electron chi connectivity index (χ0n) is 16.0. The first-order chi connectivity index (χ1) is 14.6. The van der Waals surface area contributed by atoms with Crippen molar-refractivity contribution in [2.75, 3.05) is 12.0 Å². The highest BCUT2D eigenvalue weighted by atomic mass is 35.5. The largest absolute Gasteiger partial charge is 0.497 e. The Bertz CT molecular complexity index is 1340. The van der Waals surface area contributed by atoms with Crippen molar-refractivity contribution in [2.45, 2.75) is 6.04 Å². The van der Waals surface area contributed by atoms with Crippen LogP contribution in [-0.4, -0.2) is 13.0 Å². The molecule has 1 aromatic heterocycles. The fourth-order valence-corrected chi connectivity index (χ4v) is 4.03. The van der Waals surface area contributed by atoms with E-state index >= 15 is 0 Å². The highest BCUT2D eigenvalue weighted by Crippen LogP contribution is 2.42. The van der Waals surface area contributed by atoms with Crippen LogP contribution < -0.4 is 15.1 Å². The lowest BCUT2D eigenvalue weighted by atomic mass is 9.98. The second kappa shape index (κ2) is 7.04. The summed E-state index contributed by atoms with van der Waals surface area (Å²) in [6.45, 7) is 0. The first kappa shape index (κ1) is 18.5. The number of halogens is 1. The highest BCUT2D eigenvalue weighted by molar-refractivity contribution is 6.30. The van der Waals surface area contributed by atoms with Gasteiger partial charge in [-0.05, 0) is 42.0 Å². The summed E-state index contributed by atoms with van der Waals surface area (Å²) in [6, 6.07) is 20.6. The van der Waals surface area contributed by atoms with Crippen LogP contribution in [0.25, 0.3) is 11.0 Å². The molecule has 5 nitrogen and oxygen atoms in total. The van der Waals surface area contributed by atoms with Crippen molar-refractivity contribution >= 4 is 34.2 Å². The van der Waals surface area contributed by atoms with Gasteiger partial charge in [0.25, 0.3) is 5.91 Å². The number of methoxy groups -OCH3 is 1. The molecule has 1 aliphatic rings. The van der Waals surface area contributed by atoms with Crippen LogP contribution in [0.1, 0.15) is 27.7 Å². The summed E-state index contributed by atoms with van der Waals surface area (Å²) in [6.07, 6.45) is 0. The van der Waals surface area contributed by atoms with Crippen LogP contribution in [0.3, 0.4) is 0 Å². The normalized spacial score (nSPS) is 15.5. The van der Waals surface area contributed by atoms with Crippen molar-refractivity contribution < 1.29 is 13.9 Å². The van der Waals surface area contributed by atoms with Crippen molar-refractivity contribution in [3.05, 3.63) is 105 Å². The van der Waals surface area contributed by atoms with Gasteiger partial charge in [0.05, 0.1) is 24.1 Å². The van der Waals surface area contributed by atoms with E-state index in [0.29, 0.717) is 33.0 Å². The molecule has 2 heterocycles. The first-order valence-electron chi connectivity index (χ1n) is 9.37. The quantitative estimate of drug-likeness (QED) is 0.459. The van der Waals surface area contributed by atoms with Gasteiger partial charge in [0.1, 0.15) is 11.3 Å². The number of nitrogens with zero attached hydrogens (tertiary/aromatic N) is 1. The SMILES string of the molecule is COc1cccc(N2C(=O)c3oc4ccccc4c(=O)c3C2c2ccc(Cl)cc2)c1. The molecule has 0 spiro atoms. The van der Waals surface area contributed by atoms with Crippen molar-refractivity contribution in [3.8, 4) is 5.75 Å². The van der Waals surface area contributed by atoms with Crippen molar-refractivity contribution in [1.82, 2.24) is 0 Å². The van der Waals surface area contributed by atoms with Crippen molar-refractivity contribution in [3.63, 3.8) is 0 Å². The Morgan fingerprint density at radius 3 is 2.50 bits per heavy atom. The molecule has 0 fully saturated rings. The van der Waals surface area contributed by atoms with Crippen LogP contribution in [0.5, 0.6) is 5.75 Å². The molecule has 4 aromatic rings. The number of rotatable bonds is 3. The van der Waals surface area contributed by atoms with Gasteiger partial charge in [0.2, 0.25) is 5.76 Å². The van der Waals surface area contributed by atoms with E-state index in [1.54, 1.807) is 72.7 Å². The van der Waals surface area contributed by atoms with Gasteiger partial charge in [0.15, 0.2) is 5.43 Å². The molecule has 148 valence electrons. The topological polar surface area (TPSA) is 59.8 Å². The van der Waals surface area contributed by atoms with Crippen LogP contribution in [0, 0.1) is 0 Å². The molecule has 5 rings (SSSR count). The molecule has 0 N–H and O–H groups in total. The Labute approximate surface area is 177 Å². The number of carbonyl (C=O) groups is 1. The maximum atomic E-state index is 13.5. The number of carbonyl (C=O) groups excluding carboxylic acids is 1. The maximum Gasteiger partial charge on any atom is 0.295 e. The second-order valence-electron chi connectivity index (χ2n) is 7.00. The molecule has 1 atom stereocenters. The van der Waals surface area contributed by atoms with Crippen LogP contribution in [-0.2, 0) is 0 Å². The van der Waals surface area contributed by atoms with Crippen molar-refractivity contribution in [1.29, 1.82) is 0 Å². The van der Waals surface area contributed by atoms with Gasteiger partial charge in [0, 0.05) is 16.8 Å². The summed E-state index contributed by atoms with van der Waals surface area (Å²) in [5, 5.41) is 1.01. The monoisotopic (exact) mass is 417 g/mol. The summed E-state index contributed by atoms with van der Waals surface area (Å²) < 4.78 is 11.3. The fourth-order valence-electron chi connectivity index (χ4n) is 3.91. The highest BCUT2D eigenvalue weighted by Gasteiger charge is 2.43. The van der Waals surface area contributed by atoms with Crippen LogP contribution >= 0.6 is 11.6 Å². The molecule has 6 heteroatoms. The van der Waals surface area contributed by atoms with E-state index in [1.807, 2.05) is 12.1 Å². The number of amides is 1. The fraction of sp³-hybridized carbons (Fsp3) is 0.0833. The first-order valence-corrected chi connectivity index (χ1v) is 9.75. The predicted octanol–water partition coefficient (Wildman–Crippen LogP) is 5.20. The van der Waals surface area contributed by atoms with E-state index in [2.05, 4.69) is 0 Å². The third-order valence-corrected chi connectivity index (χ3v) is 5.55. The molecule has 0 bridgehead atoms. The number of benzene rings is 3. The van der Waals surface area contributed by atoms with Gasteiger partial charge in [-0.15, -0.1) is 0 Å². The molecular formula is C24H16ClNO4. The molecule has 1 unspecified atom stereocenters. The number of para-hydroxylation sites is 1. The molecule has 1 amide bonds. The average molecular weight is 418 g/mol. The number of ether oxygens (including phenoxy) is 1. The van der Waals surface area contributed by atoms with Gasteiger partial charge in [-0.25, -0.2) is 0 Å².